The van der Waals surface area contributed by atoms with Gasteiger partial charge in [0.1, 0.15) is 6.29 Å². The normalized spacial score (nSPS) is 26.9. The zero-order valence-electron chi connectivity index (χ0n) is 11.1. The van der Waals surface area contributed by atoms with Gasteiger partial charge in [-0.3, -0.25) is 4.79 Å². The largest absolute Gasteiger partial charge is 0.367 e. The second-order valence-electron chi connectivity index (χ2n) is 5.78. The highest BCUT2D eigenvalue weighted by atomic mass is 35.5. The van der Waals surface area contributed by atoms with Crippen molar-refractivity contribution in [2.45, 2.75) is 44.6 Å². The molecule has 19 heavy (non-hydrogen) atoms. The van der Waals surface area contributed by atoms with Crippen molar-refractivity contribution in [2.24, 2.45) is 5.92 Å². The molecule has 1 aromatic rings. The van der Waals surface area contributed by atoms with E-state index >= 15 is 0 Å². The first kappa shape index (κ1) is 13.0. The minimum absolute atomic E-state index is 0.655. The van der Waals surface area contributed by atoms with Crippen molar-refractivity contribution in [1.29, 1.82) is 0 Å². The number of rotatable bonds is 2. The number of piperidine rings is 1. The van der Waals surface area contributed by atoms with Crippen LogP contribution in [0.4, 0.5) is 5.69 Å². The third kappa shape index (κ3) is 2.51. The number of hydrogen-bond acceptors (Lipinski definition) is 2. The Balaban J connectivity index is 1.89. The number of hydrogen-bond donors (Lipinski definition) is 0. The van der Waals surface area contributed by atoms with Crippen molar-refractivity contribution in [3.63, 3.8) is 0 Å². The van der Waals surface area contributed by atoms with E-state index in [1.807, 2.05) is 12.1 Å². The van der Waals surface area contributed by atoms with Crippen LogP contribution in [0.15, 0.2) is 18.2 Å². The fraction of sp³-hybridized carbons (Fsp3) is 0.562. The lowest BCUT2D eigenvalue weighted by Gasteiger charge is -2.45. The van der Waals surface area contributed by atoms with Crippen LogP contribution < -0.4 is 4.90 Å². The summed E-state index contributed by atoms with van der Waals surface area (Å²) in [6, 6.07) is 6.34. The zero-order valence-corrected chi connectivity index (χ0v) is 11.9. The predicted molar refractivity (Wildman–Crippen MR) is 79.2 cm³/mol. The first-order valence-electron chi connectivity index (χ1n) is 7.31. The van der Waals surface area contributed by atoms with Crippen molar-refractivity contribution in [2.75, 3.05) is 11.4 Å². The molecule has 3 rings (SSSR count). The van der Waals surface area contributed by atoms with E-state index in [1.165, 1.54) is 38.5 Å². The van der Waals surface area contributed by atoms with E-state index in [0.29, 0.717) is 11.6 Å². The molecular weight excluding hydrogens is 258 g/mol. The number of benzene rings is 1. The Kier molecular flexibility index (Phi) is 3.79. The van der Waals surface area contributed by atoms with Gasteiger partial charge in [-0.1, -0.05) is 24.4 Å². The van der Waals surface area contributed by atoms with Gasteiger partial charge in [0.05, 0.1) is 10.7 Å². The van der Waals surface area contributed by atoms with Gasteiger partial charge in [0, 0.05) is 18.2 Å². The standard InChI is InChI=1S/C16H20ClNO/c17-14-10-12(11-19)7-8-16(14)18-9-3-5-13-4-1-2-6-15(13)18/h7-8,10-11,13,15H,1-6,9H2/t13-,15-/m1/s1. The van der Waals surface area contributed by atoms with Gasteiger partial charge in [-0.25, -0.2) is 0 Å². The topological polar surface area (TPSA) is 20.3 Å². The van der Waals surface area contributed by atoms with Gasteiger partial charge < -0.3 is 4.90 Å². The Hall–Kier alpha value is -1.02. The second-order valence-corrected chi connectivity index (χ2v) is 6.18. The summed E-state index contributed by atoms with van der Waals surface area (Å²) in [5.41, 5.74) is 1.77. The molecule has 1 aliphatic carbocycles. The summed E-state index contributed by atoms with van der Waals surface area (Å²) in [4.78, 5) is 13.3. The number of aldehydes is 1. The van der Waals surface area contributed by atoms with Crippen LogP contribution in [0.25, 0.3) is 0 Å². The molecule has 0 spiro atoms. The minimum atomic E-state index is 0.655. The molecule has 2 fully saturated rings. The number of carbonyl (C=O) groups excluding carboxylic acids is 1. The molecule has 102 valence electrons. The Labute approximate surface area is 119 Å². The summed E-state index contributed by atoms with van der Waals surface area (Å²) < 4.78 is 0. The van der Waals surface area contributed by atoms with Crippen LogP contribution >= 0.6 is 11.6 Å². The summed E-state index contributed by atoms with van der Waals surface area (Å²) >= 11 is 6.37. The average Bonchev–Trinajstić information content (AvgIpc) is 2.46. The van der Waals surface area contributed by atoms with Gasteiger partial charge in [-0.2, -0.15) is 0 Å². The van der Waals surface area contributed by atoms with Crippen LogP contribution in [0.3, 0.4) is 0 Å². The molecule has 3 heteroatoms. The third-order valence-electron chi connectivity index (χ3n) is 4.66. The monoisotopic (exact) mass is 277 g/mol. The van der Waals surface area contributed by atoms with Crippen LogP contribution in [0, 0.1) is 5.92 Å². The lowest BCUT2D eigenvalue weighted by molar-refractivity contribution is 0.112. The van der Waals surface area contributed by atoms with E-state index in [1.54, 1.807) is 6.07 Å². The number of halogens is 1. The summed E-state index contributed by atoms with van der Waals surface area (Å²) in [6.07, 6.45) is 8.85. The smallest absolute Gasteiger partial charge is 0.150 e. The zero-order chi connectivity index (χ0) is 13.2. The van der Waals surface area contributed by atoms with Crippen LogP contribution in [0.2, 0.25) is 5.02 Å². The SMILES string of the molecule is O=Cc1ccc(N2CCC[C@H]3CCCC[C@H]32)c(Cl)c1. The van der Waals surface area contributed by atoms with E-state index in [0.717, 1.165) is 29.5 Å². The van der Waals surface area contributed by atoms with Gasteiger partial charge in [-0.05, 0) is 49.8 Å². The molecule has 0 N–H and O–H groups in total. The molecule has 1 aliphatic heterocycles. The molecule has 1 saturated carbocycles. The van der Waals surface area contributed by atoms with Gasteiger partial charge >= 0.3 is 0 Å². The fourth-order valence-electron chi connectivity index (χ4n) is 3.75. The first-order chi connectivity index (χ1) is 9.29. The summed E-state index contributed by atoms with van der Waals surface area (Å²) in [6.45, 7) is 1.10. The lowest BCUT2D eigenvalue weighted by Crippen LogP contribution is -2.47. The fourth-order valence-corrected chi connectivity index (χ4v) is 4.05. The highest BCUT2D eigenvalue weighted by Gasteiger charge is 2.33. The molecule has 0 aromatic heterocycles. The number of carbonyl (C=O) groups is 1. The maximum Gasteiger partial charge on any atom is 0.150 e. The first-order valence-corrected chi connectivity index (χ1v) is 7.69. The Bertz CT molecular complexity index is 472. The molecule has 0 unspecified atom stereocenters. The summed E-state index contributed by atoms with van der Waals surface area (Å²) in [5, 5.41) is 0.718. The van der Waals surface area contributed by atoms with Crippen molar-refractivity contribution in [3.05, 3.63) is 28.8 Å². The average molecular weight is 278 g/mol. The summed E-state index contributed by atoms with van der Waals surface area (Å²) in [7, 11) is 0. The van der Waals surface area contributed by atoms with E-state index in [-0.39, 0.29) is 0 Å². The number of fused-ring (bicyclic) bond motifs is 1. The number of nitrogens with zero attached hydrogens (tertiary/aromatic N) is 1. The van der Waals surface area contributed by atoms with E-state index in [9.17, 15) is 4.79 Å². The molecule has 2 aliphatic rings. The third-order valence-corrected chi connectivity index (χ3v) is 4.96. The van der Waals surface area contributed by atoms with Gasteiger partial charge in [0.25, 0.3) is 0 Å². The molecule has 1 aromatic carbocycles. The van der Waals surface area contributed by atoms with Gasteiger partial charge in [0.15, 0.2) is 0 Å². The van der Waals surface area contributed by atoms with E-state index < -0.39 is 0 Å². The molecule has 1 heterocycles. The Morgan fingerprint density at radius 1 is 1.16 bits per heavy atom. The van der Waals surface area contributed by atoms with E-state index in [2.05, 4.69) is 4.90 Å². The van der Waals surface area contributed by atoms with Crippen LogP contribution in [0.1, 0.15) is 48.9 Å². The van der Waals surface area contributed by atoms with Crippen molar-refractivity contribution in [3.8, 4) is 0 Å². The highest BCUT2D eigenvalue weighted by Crippen LogP contribution is 2.39. The Morgan fingerprint density at radius 3 is 2.74 bits per heavy atom. The maximum atomic E-state index is 10.8. The molecule has 0 radical (unpaired) electrons. The molecule has 1 saturated heterocycles. The Morgan fingerprint density at radius 2 is 1.95 bits per heavy atom. The molecular formula is C16H20ClNO. The number of anilines is 1. The molecule has 0 bridgehead atoms. The minimum Gasteiger partial charge on any atom is -0.367 e. The quantitative estimate of drug-likeness (QED) is 0.751. The predicted octanol–water partition coefficient (Wildman–Crippen LogP) is 4.31. The van der Waals surface area contributed by atoms with Crippen LogP contribution in [-0.4, -0.2) is 18.9 Å². The van der Waals surface area contributed by atoms with Crippen molar-refractivity contribution in [1.82, 2.24) is 0 Å². The maximum absolute atomic E-state index is 10.8. The van der Waals surface area contributed by atoms with Crippen LogP contribution in [0.5, 0.6) is 0 Å². The lowest BCUT2D eigenvalue weighted by atomic mass is 9.78. The highest BCUT2D eigenvalue weighted by molar-refractivity contribution is 6.33. The summed E-state index contributed by atoms with van der Waals surface area (Å²) in [5.74, 6) is 0.837. The van der Waals surface area contributed by atoms with Crippen LogP contribution in [-0.2, 0) is 0 Å². The second kappa shape index (κ2) is 5.54. The molecule has 2 atom stereocenters. The van der Waals surface area contributed by atoms with Gasteiger partial charge in [-0.15, -0.1) is 0 Å². The van der Waals surface area contributed by atoms with E-state index in [4.69, 9.17) is 11.6 Å². The van der Waals surface area contributed by atoms with Gasteiger partial charge in [0.2, 0.25) is 0 Å². The molecule has 0 amide bonds. The van der Waals surface area contributed by atoms with Crippen molar-refractivity contribution >= 4 is 23.6 Å². The van der Waals surface area contributed by atoms with Crippen molar-refractivity contribution < 1.29 is 4.79 Å². The molecule has 2 nitrogen and oxygen atoms in total.